The minimum atomic E-state index is -0.104. The number of amides is 3. The van der Waals surface area contributed by atoms with Crippen molar-refractivity contribution in [1.82, 2.24) is 25.9 Å². The number of fused-ring (bicyclic) bond motifs is 1. The third-order valence-electron chi connectivity index (χ3n) is 11.7. The molecule has 70 heavy (non-hydrogen) atoms. The Bertz CT molecular complexity index is 2150. The average molecular weight is 1010 g/mol. The number of unbranched alkanes of at least 4 members (excludes halogenated alkanes) is 3. The van der Waals surface area contributed by atoms with E-state index in [2.05, 4.69) is 43.1 Å². The molecule has 2 saturated heterocycles. The molecule has 3 aromatic rings. The molecule has 2 aliphatic rings. The standard InChI is InChI=1S/C51H70ClN7O10S/c1-3-37(60)32-36-14-4-5-19-42(36)55-49-41(52)34-54-50(59-49)56-43-23-22-40(33-45(43)65-2)69-27-11-9-16-39(62)18-12-17-38(61)15-8-10-25-66-28-30-68-31-29-67-26-13-24-53-47(63)21-7-6-20-46-48-44(35-70-46)57-51(64)58-48/h3-5,14,19,22-23,33-34,44,46,48H,1,6-13,15-18,20-21,24-32,35H2,2H3,(H,53,63)(H2,57,58,64)(H2,54,55,56,59)/t44-,46-,48-/m1/s1. The number of methoxy groups -OCH3 is 1. The van der Waals surface area contributed by atoms with Crippen LogP contribution in [0, 0.1) is 0 Å². The van der Waals surface area contributed by atoms with Gasteiger partial charge in [-0.3, -0.25) is 19.2 Å². The van der Waals surface area contributed by atoms with E-state index in [1.165, 1.54) is 12.3 Å². The molecule has 5 N–H and O–H groups in total. The van der Waals surface area contributed by atoms with Crippen LogP contribution in [0.15, 0.2) is 61.3 Å². The minimum absolute atomic E-state index is 0.0652. The Hall–Kier alpha value is -5.27. The summed E-state index contributed by atoms with van der Waals surface area (Å²) < 4.78 is 28.3. The number of para-hydroxylation sites is 1. The Morgan fingerprint density at radius 2 is 1.49 bits per heavy atom. The van der Waals surface area contributed by atoms with Gasteiger partial charge in [0.2, 0.25) is 11.9 Å². The molecule has 3 atom stereocenters. The maximum Gasteiger partial charge on any atom is 0.315 e. The van der Waals surface area contributed by atoms with Gasteiger partial charge in [-0.05, 0) is 81.2 Å². The van der Waals surface area contributed by atoms with Gasteiger partial charge >= 0.3 is 6.03 Å². The van der Waals surface area contributed by atoms with Gasteiger partial charge in [0.15, 0.2) is 11.6 Å². The monoisotopic (exact) mass is 1010 g/mol. The van der Waals surface area contributed by atoms with Gasteiger partial charge in [0.25, 0.3) is 0 Å². The van der Waals surface area contributed by atoms with Gasteiger partial charge in [-0.25, -0.2) is 9.78 Å². The van der Waals surface area contributed by atoms with Crippen LogP contribution in [0.5, 0.6) is 11.5 Å². The number of aromatic nitrogens is 2. The first kappa shape index (κ1) is 55.7. The van der Waals surface area contributed by atoms with Crippen LogP contribution in [0.25, 0.3) is 0 Å². The summed E-state index contributed by atoms with van der Waals surface area (Å²) in [7, 11) is 1.55. The summed E-state index contributed by atoms with van der Waals surface area (Å²) in [5.74, 6) is 3.00. The second-order valence-electron chi connectivity index (χ2n) is 17.1. The first-order valence-corrected chi connectivity index (χ1v) is 25.9. The van der Waals surface area contributed by atoms with Crippen molar-refractivity contribution in [2.45, 2.75) is 114 Å². The maximum atomic E-state index is 12.5. The number of hydrogen-bond donors (Lipinski definition) is 5. The smallest absolute Gasteiger partial charge is 0.315 e. The van der Waals surface area contributed by atoms with E-state index in [0.29, 0.717) is 143 Å². The number of Topliss-reactive ketones (excluding diaryl/α,β-unsaturated/α-hetero) is 2. The van der Waals surface area contributed by atoms with Crippen molar-refractivity contribution in [2.24, 2.45) is 0 Å². The molecule has 0 saturated carbocycles. The van der Waals surface area contributed by atoms with Gasteiger partial charge in [-0.2, -0.15) is 16.7 Å². The SMILES string of the molecule is C=CC(=O)Cc1ccccc1Nc1nc(Nc2ccc(OCCCCC(=O)CCCC(=O)CCCCOCCOCCOCCCNC(=O)CCCC[C@H]3SC[C@H]4NC(=O)N[C@H]43)cc2OC)ncc1Cl. The number of nitrogens with one attached hydrogen (secondary N) is 5. The Morgan fingerprint density at radius 1 is 0.800 bits per heavy atom. The number of allylic oxidation sites excluding steroid dienone is 1. The zero-order chi connectivity index (χ0) is 49.8. The molecule has 2 aromatic carbocycles. The fraction of sp³-hybridized carbons (Fsp3) is 0.549. The highest BCUT2D eigenvalue weighted by Crippen LogP contribution is 2.34. The number of carbonyl (C=O) groups excluding carboxylic acids is 5. The third-order valence-corrected chi connectivity index (χ3v) is 13.4. The average Bonchev–Trinajstić information content (AvgIpc) is 3.92. The molecule has 19 heteroatoms. The number of ether oxygens (including phenoxy) is 5. The number of thioether (sulfide) groups is 1. The van der Waals surface area contributed by atoms with Crippen LogP contribution >= 0.6 is 23.4 Å². The van der Waals surface area contributed by atoms with Crippen molar-refractivity contribution >= 4 is 75.8 Å². The van der Waals surface area contributed by atoms with Crippen molar-refractivity contribution in [2.75, 3.05) is 76.3 Å². The summed E-state index contributed by atoms with van der Waals surface area (Å²) in [6.07, 6.45) is 12.3. The fourth-order valence-electron chi connectivity index (χ4n) is 7.86. The zero-order valence-electron chi connectivity index (χ0n) is 40.4. The summed E-state index contributed by atoms with van der Waals surface area (Å²) >= 11 is 8.32. The van der Waals surface area contributed by atoms with Crippen LogP contribution in [-0.4, -0.2) is 122 Å². The second kappa shape index (κ2) is 31.9. The molecule has 0 spiro atoms. The van der Waals surface area contributed by atoms with Crippen molar-refractivity contribution in [3.8, 4) is 11.5 Å². The minimum Gasteiger partial charge on any atom is -0.494 e. The predicted octanol–water partition coefficient (Wildman–Crippen LogP) is 8.23. The van der Waals surface area contributed by atoms with Crippen molar-refractivity contribution < 1.29 is 47.7 Å². The van der Waals surface area contributed by atoms with E-state index in [4.69, 9.17) is 35.3 Å². The van der Waals surface area contributed by atoms with Gasteiger partial charge in [0, 0.05) is 81.0 Å². The lowest BCUT2D eigenvalue weighted by molar-refractivity contribution is -0.122. The third kappa shape index (κ3) is 20.6. The molecular weight excluding hydrogens is 938 g/mol. The van der Waals surface area contributed by atoms with Crippen LogP contribution in [0.2, 0.25) is 5.02 Å². The number of halogens is 1. The fourth-order valence-corrected chi connectivity index (χ4v) is 9.55. The molecule has 0 unspecified atom stereocenters. The molecular formula is C51H70ClN7O10S. The highest BCUT2D eigenvalue weighted by molar-refractivity contribution is 8.00. The number of benzene rings is 2. The van der Waals surface area contributed by atoms with E-state index < -0.39 is 0 Å². The molecule has 0 aliphatic carbocycles. The first-order chi connectivity index (χ1) is 34.1. The molecule has 3 heterocycles. The van der Waals surface area contributed by atoms with Gasteiger partial charge in [0.1, 0.15) is 28.1 Å². The number of nitrogens with zero attached hydrogens (tertiary/aromatic N) is 2. The van der Waals surface area contributed by atoms with E-state index in [9.17, 15) is 24.0 Å². The lowest BCUT2D eigenvalue weighted by Gasteiger charge is -2.16. The Labute approximate surface area is 421 Å². The quantitative estimate of drug-likeness (QED) is 0.0208. The molecule has 0 radical (unpaired) electrons. The van der Waals surface area contributed by atoms with Gasteiger partial charge in [-0.15, -0.1) is 0 Å². The summed E-state index contributed by atoms with van der Waals surface area (Å²) in [4.78, 5) is 69.3. The van der Waals surface area contributed by atoms with Crippen LogP contribution in [-0.2, 0) is 39.8 Å². The number of carbonyl (C=O) groups is 5. The van der Waals surface area contributed by atoms with E-state index in [-0.39, 0.29) is 53.7 Å². The lowest BCUT2D eigenvalue weighted by atomic mass is 10.0. The number of urea groups is 1. The van der Waals surface area contributed by atoms with Crippen LogP contribution in [0.3, 0.4) is 0 Å². The number of ketones is 3. The second-order valence-corrected chi connectivity index (χ2v) is 18.8. The predicted molar refractivity (Wildman–Crippen MR) is 273 cm³/mol. The normalized spacial score (nSPS) is 15.9. The van der Waals surface area contributed by atoms with E-state index >= 15 is 0 Å². The Kier molecular flexibility index (Phi) is 25.3. The highest BCUT2D eigenvalue weighted by atomic mass is 35.5. The number of rotatable bonds is 38. The molecule has 1 aromatic heterocycles. The summed E-state index contributed by atoms with van der Waals surface area (Å²) in [6.45, 7) is 7.58. The van der Waals surface area contributed by atoms with Crippen LogP contribution in [0.4, 0.5) is 27.9 Å². The van der Waals surface area contributed by atoms with Gasteiger partial charge < -0.3 is 50.3 Å². The van der Waals surface area contributed by atoms with Gasteiger partial charge in [0.05, 0.1) is 64.1 Å². The molecule has 3 amide bonds. The lowest BCUT2D eigenvalue weighted by Crippen LogP contribution is -2.36. The van der Waals surface area contributed by atoms with Crippen molar-refractivity contribution in [3.05, 3.63) is 71.9 Å². The molecule has 5 rings (SSSR count). The maximum absolute atomic E-state index is 12.5. The molecule has 17 nitrogen and oxygen atoms in total. The Morgan fingerprint density at radius 3 is 2.23 bits per heavy atom. The van der Waals surface area contributed by atoms with Crippen LogP contribution in [0.1, 0.15) is 95.5 Å². The summed E-state index contributed by atoms with van der Waals surface area (Å²) in [5.41, 5.74) is 2.08. The number of hydrogen-bond acceptors (Lipinski definition) is 15. The van der Waals surface area contributed by atoms with E-state index in [1.54, 1.807) is 25.3 Å². The van der Waals surface area contributed by atoms with Crippen LogP contribution < -0.4 is 36.1 Å². The molecule has 0 bridgehead atoms. The molecule has 2 fully saturated rings. The van der Waals surface area contributed by atoms with Crippen molar-refractivity contribution in [1.29, 1.82) is 0 Å². The van der Waals surface area contributed by atoms with Crippen molar-refractivity contribution in [3.63, 3.8) is 0 Å². The van der Waals surface area contributed by atoms with E-state index in [1.807, 2.05) is 36.0 Å². The van der Waals surface area contributed by atoms with Gasteiger partial charge in [-0.1, -0.05) is 42.8 Å². The summed E-state index contributed by atoms with van der Waals surface area (Å²) in [6, 6.07) is 13.1. The first-order valence-electron chi connectivity index (χ1n) is 24.4. The molecule has 382 valence electrons. The largest absolute Gasteiger partial charge is 0.494 e. The molecule has 2 aliphatic heterocycles. The number of anilines is 4. The Balaban J connectivity index is 0.793. The van der Waals surface area contributed by atoms with E-state index in [0.717, 1.165) is 49.8 Å². The topological polar surface area (TPSA) is 217 Å². The summed E-state index contributed by atoms with van der Waals surface area (Å²) in [5, 5.41) is 16.0. The highest BCUT2D eigenvalue weighted by Gasteiger charge is 2.42. The zero-order valence-corrected chi connectivity index (χ0v) is 41.9.